The van der Waals surface area contributed by atoms with Crippen LogP contribution in [0.1, 0.15) is 29.8 Å². The van der Waals surface area contributed by atoms with Gasteiger partial charge in [0.05, 0.1) is 22.5 Å². The molecule has 3 rings (SSSR count). The summed E-state index contributed by atoms with van der Waals surface area (Å²) in [4.78, 5) is 1.60. The normalized spacial score (nSPS) is 18.7. The molecule has 1 aromatic carbocycles. The second-order valence-electron chi connectivity index (χ2n) is 5.39. The number of sulfonamides is 1. The molecule has 0 fully saturated rings. The van der Waals surface area contributed by atoms with E-state index in [0.717, 1.165) is 18.4 Å². The highest BCUT2D eigenvalue weighted by atomic mass is 79.9. The van der Waals surface area contributed by atoms with Crippen LogP contribution in [0.4, 0.5) is 0 Å². The van der Waals surface area contributed by atoms with Crippen molar-refractivity contribution in [2.24, 2.45) is 0 Å². The first-order valence-corrected chi connectivity index (χ1v) is 10.5. The van der Waals surface area contributed by atoms with Crippen molar-refractivity contribution in [2.45, 2.75) is 30.7 Å². The van der Waals surface area contributed by atoms with Crippen molar-refractivity contribution in [3.63, 3.8) is 0 Å². The maximum absolute atomic E-state index is 13.1. The molecule has 0 aliphatic carbocycles. The van der Waals surface area contributed by atoms with Crippen LogP contribution in [-0.2, 0) is 16.4 Å². The molecule has 0 saturated carbocycles. The minimum absolute atomic E-state index is 0.0872. The molecular weight excluding hydrogens is 398 g/mol. The second-order valence-corrected chi connectivity index (χ2v) is 9.13. The van der Waals surface area contributed by atoms with Crippen molar-refractivity contribution in [1.29, 1.82) is 0 Å². The van der Waals surface area contributed by atoms with Gasteiger partial charge in [-0.1, -0.05) is 6.92 Å². The number of hydrogen-bond acceptors (Lipinski definition) is 4. The number of hydrogen-bond donors (Lipinski definition) is 0. The van der Waals surface area contributed by atoms with Gasteiger partial charge in [-0.05, 0) is 64.0 Å². The van der Waals surface area contributed by atoms with Gasteiger partial charge < -0.3 is 4.74 Å². The van der Waals surface area contributed by atoms with Gasteiger partial charge in [0.2, 0.25) is 10.0 Å². The van der Waals surface area contributed by atoms with Gasteiger partial charge in [-0.25, -0.2) is 8.42 Å². The lowest BCUT2D eigenvalue weighted by Gasteiger charge is -2.34. The molecule has 7 heteroatoms. The van der Waals surface area contributed by atoms with E-state index < -0.39 is 10.0 Å². The van der Waals surface area contributed by atoms with Gasteiger partial charge in [-0.2, -0.15) is 4.31 Å². The monoisotopic (exact) mass is 415 g/mol. The molecule has 4 nitrogen and oxygen atoms in total. The summed E-state index contributed by atoms with van der Waals surface area (Å²) in [6.07, 6.45) is 1.54. The molecule has 0 spiro atoms. The number of ether oxygens (including phenoxy) is 1. The fourth-order valence-corrected chi connectivity index (χ4v) is 6.35. The quantitative estimate of drug-likeness (QED) is 0.750. The molecule has 0 radical (unpaired) electrons. The smallest absolute Gasteiger partial charge is 0.243 e. The second kappa shape index (κ2) is 6.55. The van der Waals surface area contributed by atoms with E-state index in [-0.39, 0.29) is 6.04 Å². The van der Waals surface area contributed by atoms with E-state index in [1.165, 1.54) is 4.88 Å². The van der Waals surface area contributed by atoms with E-state index >= 15 is 0 Å². The highest BCUT2D eigenvalue weighted by Crippen LogP contribution is 2.39. The molecule has 1 aliphatic rings. The van der Waals surface area contributed by atoms with Crippen LogP contribution >= 0.6 is 27.3 Å². The molecule has 1 unspecified atom stereocenters. The first kappa shape index (κ1) is 17.0. The summed E-state index contributed by atoms with van der Waals surface area (Å²) in [6, 6.07) is 6.87. The van der Waals surface area contributed by atoms with E-state index in [9.17, 15) is 8.42 Å². The van der Waals surface area contributed by atoms with Gasteiger partial charge in [0, 0.05) is 11.4 Å². The van der Waals surface area contributed by atoms with Crippen molar-refractivity contribution >= 4 is 37.3 Å². The van der Waals surface area contributed by atoms with Crippen molar-refractivity contribution in [2.75, 3.05) is 13.7 Å². The van der Waals surface area contributed by atoms with E-state index in [4.69, 9.17) is 4.74 Å². The minimum Gasteiger partial charge on any atom is -0.496 e. The first-order valence-electron chi connectivity index (χ1n) is 7.40. The van der Waals surface area contributed by atoms with Crippen LogP contribution < -0.4 is 4.74 Å². The molecule has 0 N–H and O–H groups in total. The Hall–Kier alpha value is -0.890. The molecule has 2 aromatic rings. The SMILES string of the molecule is CCC1c2ccsc2CCN1S(=O)(=O)c1ccc(OC)c(Br)c1. The third kappa shape index (κ3) is 2.95. The summed E-state index contributed by atoms with van der Waals surface area (Å²) < 4.78 is 33.7. The Morgan fingerprint density at radius 1 is 1.39 bits per heavy atom. The molecule has 0 amide bonds. The van der Waals surface area contributed by atoms with Gasteiger partial charge in [-0.3, -0.25) is 0 Å². The molecule has 1 aromatic heterocycles. The predicted molar refractivity (Wildman–Crippen MR) is 95.6 cm³/mol. The zero-order valence-corrected chi connectivity index (χ0v) is 16.2. The van der Waals surface area contributed by atoms with Gasteiger partial charge >= 0.3 is 0 Å². The molecular formula is C16H18BrNO3S2. The largest absolute Gasteiger partial charge is 0.496 e. The highest BCUT2D eigenvalue weighted by Gasteiger charge is 2.36. The number of benzene rings is 1. The highest BCUT2D eigenvalue weighted by molar-refractivity contribution is 9.10. The predicted octanol–water partition coefficient (Wildman–Crippen LogP) is 4.22. The number of fused-ring (bicyclic) bond motifs is 1. The summed E-state index contributed by atoms with van der Waals surface area (Å²) in [5.41, 5.74) is 1.15. The van der Waals surface area contributed by atoms with Crippen molar-refractivity contribution < 1.29 is 13.2 Å². The van der Waals surface area contributed by atoms with Crippen LogP contribution in [0.5, 0.6) is 5.75 Å². The molecule has 124 valence electrons. The first-order chi connectivity index (χ1) is 11.0. The Kier molecular flexibility index (Phi) is 4.83. The van der Waals surface area contributed by atoms with Crippen LogP contribution in [0.2, 0.25) is 0 Å². The van der Waals surface area contributed by atoms with Crippen molar-refractivity contribution in [3.8, 4) is 5.75 Å². The Bertz CT molecular complexity index is 816. The van der Waals surface area contributed by atoms with E-state index in [1.807, 2.05) is 12.3 Å². The van der Waals surface area contributed by atoms with Crippen LogP contribution in [0.25, 0.3) is 0 Å². The number of rotatable bonds is 4. The topological polar surface area (TPSA) is 46.6 Å². The van der Waals surface area contributed by atoms with Crippen LogP contribution in [0.15, 0.2) is 39.0 Å². The molecule has 23 heavy (non-hydrogen) atoms. The Balaban J connectivity index is 2.01. The standard InChI is InChI=1S/C16H18BrNO3S2/c1-3-14-12-7-9-22-16(12)6-8-18(14)23(19,20)11-4-5-15(21-2)13(17)10-11/h4-5,7,9-10,14H,3,6,8H2,1-2H3. The Morgan fingerprint density at radius 3 is 2.83 bits per heavy atom. The summed E-state index contributed by atoms with van der Waals surface area (Å²) in [5, 5.41) is 2.05. The van der Waals surface area contributed by atoms with Gasteiger partial charge in [0.1, 0.15) is 5.75 Å². The Labute approximate surface area is 149 Å². The van der Waals surface area contributed by atoms with Gasteiger partial charge in [0.15, 0.2) is 0 Å². The lowest BCUT2D eigenvalue weighted by Crippen LogP contribution is -2.39. The van der Waals surface area contributed by atoms with Crippen LogP contribution in [0, 0.1) is 0 Å². The molecule has 0 bridgehead atoms. The number of thiophene rings is 1. The fourth-order valence-electron chi connectivity index (χ4n) is 3.03. The van der Waals surface area contributed by atoms with Gasteiger partial charge in [0.25, 0.3) is 0 Å². The molecule has 1 atom stereocenters. The third-order valence-corrected chi connectivity index (χ3v) is 7.68. The number of halogens is 1. The van der Waals surface area contributed by atoms with Gasteiger partial charge in [-0.15, -0.1) is 11.3 Å². The lowest BCUT2D eigenvalue weighted by molar-refractivity contribution is 0.303. The molecule has 0 saturated heterocycles. The summed E-state index contributed by atoms with van der Waals surface area (Å²) in [6.45, 7) is 2.56. The maximum Gasteiger partial charge on any atom is 0.243 e. The summed E-state index contributed by atoms with van der Waals surface area (Å²) in [7, 11) is -1.98. The average molecular weight is 416 g/mol. The Morgan fingerprint density at radius 2 is 2.17 bits per heavy atom. The zero-order valence-electron chi connectivity index (χ0n) is 13.0. The average Bonchev–Trinajstić information content (AvgIpc) is 3.02. The third-order valence-electron chi connectivity index (χ3n) is 4.16. The van der Waals surface area contributed by atoms with Crippen LogP contribution in [0.3, 0.4) is 0 Å². The molecule has 2 heterocycles. The molecule has 1 aliphatic heterocycles. The van der Waals surface area contributed by atoms with E-state index in [0.29, 0.717) is 21.7 Å². The number of methoxy groups -OCH3 is 1. The van der Waals surface area contributed by atoms with E-state index in [1.54, 1.807) is 41.0 Å². The van der Waals surface area contributed by atoms with Crippen molar-refractivity contribution in [3.05, 3.63) is 44.6 Å². The lowest BCUT2D eigenvalue weighted by atomic mass is 10.0. The minimum atomic E-state index is -3.54. The van der Waals surface area contributed by atoms with E-state index in [2.05, 4.69) is 22.0 Å². The summed E-state index contributed by atoms with van der Waals surface area (Å²) in [5.74, 6) is 0.620. The zero-order chi connectivity index (χ0) is 16.6. The fraction of sp³-hybridized carbons (Fsp3) is 0.375. The summed E-state index contributed by atoms with van der Waals surface area (Å²) >= 11 is 5.08. The van der Waals surface area contributed by atoms with Crippen molar-refractivity contribution in [1.82, 2.24) is 4.31 Å². The maximum atomic E-state index is 13.1. The van der Waals surface area contributed by atoms with Crippen LogP contribution in [-0.4, -0.2) is 26.4 Å². The number of nitrogens with zero attached hydrogens (tertiary/aromatic N) is 1.